The van der Waals surface area contributed by atoms with Crippen molar-refractivity contribution in [2.75, 3.05) is 7.11 Å². The summed E-state index contributed by atoms with van der Waals surface area (Å²) in [6.07, 6.45) is 1.51. The Balaban J connectivity index is 2.53. The molecular formula is C10H7BrFNO2. The number of rotatable bonds is 2. The first-order valence-corrected chi connectivity index (χ1v) is 4.95. The molecule has 15 heavy (non-hydrogen) atoms. The molecule has 1 heterocycles. The Morgan fingerprint density at radius 1 is 1.47 bits per heavy atom. The van der Waals surface area contributed by atoms with E-state index in [1.165, 1.54) is 19.4 Å². The quantitative estimate of drug-likeness (QED) is 0.841. The Kier molecular flexibility index (Phi) is 2.73. The Hall–Kier alpha value is -1.36. The fourth-order valence-electron chi connectivity index (χ4n) is 1.26. The van der Waals surface area contributed by atoms with E-state index in [2.05, 4.69) is 21.1 Å². The van der Waals surface area contributed by atoms with Crippen LogP contribution in [0.1, 0.15) is 0 Å². The molecule has 78 valence electrons. The van der Waals surface area contributed by atoms with E-state index in [9.17, 15) is 4.39 Å². The molecule has 1 aromatic carbocycles. The number of benzene rings is 1. The minimum Gasteiger partial charge on any atom is -0.492 e. The van der Waals surface area contributed by atoms with Gasteiger partial charge in [-0.3, -0.25) is 0 Å². The van der Waals surface area contributed by atoms with E-state index in [-0.39, 0.29) is 5.75 Å². The zero-order valence-corrected chi connectivity index (χ0v) is 9.42. The van der Waals surface area contributed by atoms with Gasteiger partial charge in [0.1, 0.15) is 0 Å². The van der Waals surface area contributed by atoms with Crippen molar-refractivity contribution in [1.82, 2.24) is 5.16 Å². The number of aromatic nitrogens is 1. The van der Waals surface area contributed by atoms with Crippen molar-refractivity contribution in [3.63, 3.8) is 0 Å². The van der Waals surface area contributed by atoms with Crippen molar-refractivity contribution < 1.29 is 13.7 Å². The van der Waals surface area contributed by atoms with Crippen LogP contribution in [-0.4, -0.2) is 12.3 Å². The van der Waals surface area contributed by atoms with Crippen molar-refractivity contribution >= 4 is 15.9 Å². The van der Waals surface area contributed by atoms with Crippen LogP contribution < -0.4 is 4.74 Å². The minimum absolute atomic E-state index is 0.179. The lowest BCUT2D eigenvalue weighted by atomic mass is 10.1. The Labute approximate surface area is 94.0 Å². The summed E-state index contributed by atoms with van der Waals surface area (Å²) in [5.41, 5.74) is 0.609. The van der Waals surface area contributed by atoms with Gasteiger partial charge < -0.3 is 9.26 Å². The predicted molar refractivity (Wildman–Crippen MR) is 56.1 cm³/mol. The molecule has 0 N–H and O–H groups in total. The van der Waals surface area contributed by atoms with E-state index in [4.69, 9.17) is 9.26 Å². The van der Waals surface area contributed by atoms with Gasteiger partial charge in [0.25, 0.3) is 0 Å². The lowest BCUT2D eigenvalue weighted by Crippen LogP contribution is -1.90. The number of hydrogen-bond acceptors (Lipinski definition) is 3. The van der Waals surface area contributed by atoms with E-state index in [0.717, 1.165) is 0 Å². The highest BCUT2D eigenvalue weighted by atomic mass is 79.9. The van der Waals surface area contributed by atoms with E-state index in [0.29, 0.717) is 15.8 Å². The smallest absolute Gasteiger partial charge is 0.168 e. The summed E-state index contributed by atoms with van der Waals surface area (Å²) in [5, 5.41) is 3.56. The van der Waals surface area contributed by atoms with Gasteiger partial charge in [-0.2, -0.15) is 0 Å². The van der Waals surface area contributed by atoms with E-state index in [1.54, 1.807) is 12.1 Å². The molecule has 0 amide bonds. The second-order valence-electron chi connectivity index (χ2n) is 2.85. The van der Waals surface area contributed by atoms with Gasteiger partial charge in [-0.25, -0.2) is 4.39 Å². The van der Waals surface area contributed by atoms with Gasteiger partial charge in [0.15, 0.2) is 17.3 Å². The van der Waals surface area contributed by atoms with Gasteiger partial charge in [-0.15, -0.1) is 0 Å². The Morgan fingerprint density at radius 3 is 2.80 bits per heavy atom. The van der Waals surface area contributed by atoms with Crippen LogP contribution in [0.15, 0.2) is 33.4 Å². The van der Waals surface area contributed by atoms with Gasteiger partial charge in [-0.05, 0) is 28.1 Å². The fraction of sp³-hybridized carbons (Fsp3) is 0.100. The third-order valence-electron chi connectivity index (χ3n) is 1.92. The summed E-state index contributed by atoms with van der Waals surface area (Å²) >= 11 is 3.22. The maximum absolute atomic E-state index is 13.5. The van der Waals surface area contributed by atoms with Gasteiger partial charge in [0.2, 0.25) is 0 Å². The number of nitrogens with zero attached hydrogens (tertiary/aromatic N) is 1. The molecule has 0 bridgehead atoms. The van der Waals surface area contributed by atoms with Crippen molar-refractivity contribution in [3.8, 4) is 17.1 Å². The van der Waals surface area contributed by atoms with E-state index >= 15 is 0 Å². The zero-order valence-electron chi connectivity index (χ0n) is 7.83. The van der Waals surface area contributed by atoms with Gasteiger partial charge in [0, 0.05) is 11.6 Å². The Bertz CT molecular complexity index is 447. The van der Waals surface area contributed by atoms with Crippen molar-refractivity contribution in [3.05, 3.63) is 34.7 Å². The van der Waals surface area contributed by atoms with Crippen LogP contribution in [0.2, 0.25) is 0 Å². The fourth-order valence-corrected chi connectivity index (χ4v) is 1.86. The largest absolute Gasteiger partial charge is 0.492 e. The summed E-state index contributed by atoms with van der Waals surface area (Å²) in [5.74, 6) is 0.244. The molecule has 2 aromatic rings. The molecule has 0 saturated heterocycles. The summed E-state index contributed by atoms with van der Waals surface area (Å²) in [4.78, 5) is 0. The molecule has 2 rings (SSSR count). The van der Waals surface area contributed by atoms with Crippen molar-refractivity contribution in [2.24, 2.45) is 0 Å². The van der Waals surface area contributed by atoms with Crippen molar-refractivity contribution in [1.29, 1.82) is 0 Å². The summed E-state index contributed by atoms with van der Waals surface area (Å²) in [6.45, 7) is 0. The highest BCUT2D eigenvalue weighted by Crippen LogP contribution is 2.33. The molecule has 0 aliphatic heterocycles. The molecule has 0 aliphatic carbocycles. The molecule has 5 heteroatoms. The van der Waals surface area contributed by atoms with Gasteiger partial charge >= 0.3 is 0 Å². The standard InChI is InChI=1S/C10H7BrFNO2/c1-14-10-7(11)4-6(5-8(10)12)9-2-3-13-15-9/h2-5H,1H3. The maximum Gasteiger partial charge on any atom is 0.168 e. The zero-order chi connectivity index (χ0) is 10.8. The highest BCUT2D eigenvalue weighted by Gasteiger charge is 2.12. The first-order chi connectivity index (χ1) is 7.22. The maximum atomic E-state index is 13.5. The van der Waals surface area contributed by atoms with E-state index in [1.807, 2.05) is 0 Å². The third kappa shape index (κ3) is 1.87. The van der Waals surface area contributed by atoms with Crippen LogP contribution in [0.5, 0.6) is 5.75 Å². The van der Waals surface area contributed by atoms with Crippen LogP contribution in [-0.2, 0) is 0 Å². The topological polar surface area (TPSA) is 35.3 Å². The molecule has 0 fully saturated rings. The number of halogens is 2. The molecule has 0 saturated carbocycles. The van der Waals surface area contributed by atoms with Crippen LogP contribution in [0, 0.1) is 5.82 Å². The van der Waals surface area contributed by atoms with E-state index < -0.39 is 5.82 Å². The molecular weight excluding hydrogens is 265 g/mol. The predicted octanol–water partition coefficient (Wildman–Crippen LogP) is 3.25. The SMILES string of the molecule is COc1c(F)cc(-c2ccno2)cc1Br. The number of methoxy groups -OCH3 is 1. The molecule has 0 spiro atoms. The van der Waals surface area contributed by atoms with Gasteiger partial charge in [0.05, 0.1) is 17.8 Å². The van der Waals surface area contributed by atoms with Crippen LogP contribution >= 0.6 is 15.9 Å². The summed E-state index contributed by atoms with van der Waals surface area (Å²) in [7, 11) is 1.41. The first-order valence-electron chi connectivity index (χ1n) is 4.16. The Morgan fingerprint density at radius 2 is 2.27 bits per heavy atom. The highest BCUT2D eigenvalue weighted by molar-refractivity contribution is 9.10. The second-order valence-corrected chi connectivity index (χ2v) is 3.70. The van der Waals surface area contributed by atoms with Crippen LogP contribution in [0.4, 0.5) is 4.39 Å². The summed E-state index contributed by atoms with van der Waals surface area (Å²) < 4.78 is 23.8. The molecule has 0 atom stereocenters. The molecule has 0 aliphatic rings. The number of hydrogen-bond donors (Lipinski definition) is 0. The number of ether oxygens (including phenoxy) is 1. The van der Waals surface area contributed by atoms with Crippen molar-refractivity contribution in [2.45, 2.75) is 0 Å². The second kappa shape index (κ2) is 4.02. The summed E-state index contributed by atoms with van der Waals surface area (Å²) in [6, 6.07) is 4.71. The molecule has 0 unspecified atom stereocenters. The van der Waals surface area contributed by atoms with Crippen LogP contribution in [0.25, 0.3) is 11.3 Å². The first kappa shape index (κ1) is 10.2. The molecule has 0 radical (unpaired) electrons. The van der Waals surface area contributed by atoms with Crippen LogP contribution in [0.3, 0.4) is 0 Å². The molecule has 1 aromatic heterocycles. The molecule has 3 nitrogen and oxygen atoms in total. The average Bonchev–Trinajstić information content (AvgIpc) is 2.69. The normalized spacial score (nSPS) is 10.3. The minimum atomic E-state index is -0.446. The monoisotopic (exact) mass is 271 g/mol. The lowest BCUT2D eigenvalue weighted by Gasteiger charge is -2.05. The lowest BCUT2D eigenvalue weighted by molar-refractivity contribution is 0.383. The average molecular weight is 272 g/mol. The third-order valence-corrected chi connectivity index (χ3v) is 2.51. The van der Waals surface area contributed by atoms with Gasteiger partial charge in [-0.1, -0.05) is 5.16 Å².